The molecule has 2 heterocycles. The number of nitrogens with one attached hydrogen (secondary N) is 1. The summed E-state index contributed by atoms with van der Waals surface area (Å²) in [4.78, 5) is 18.2. The number of aliphatic carboxylic acids is 1. The summed E-state index contributed by atoms with van der Waals surface area (Å²) in [6.07, 6.45) is -0.916. The number of nitrogens with zero attached hydrogens (tertiary/aromatic N) is 3. The molecule has 0 spiro atoms. The van der Waals surface area contributed by atoms with Gasteiger partial charge in [-0.15, -0.1) is 10.2 Å². The van der Waals surface area contributed by atoms with E-state index in [9.17, 15) is 23.1 Å². The van der Waals surface area contributed by atoms with E-state index >= 15 is 0 Å². The molecule has 1 fully saturated rings. The molecule has 3 aromatic rings. The van der Waals surface area contributed by atoms with Crippen molar-refractivity contribution < 1.29 is 32.5 Å². The first-order valence-electron chi connectivity index (χ1n) is 10.7. The molecule has 1 aliphatic carbocycles. The van der Waals surface area contributed by atoms with Crippen LogP contribution in [0.3, 0.4) is 0 Å². The first-order valence-corrected chi connectivity index (χ1v) is 10.7. The Bertz CT molecular complexity index is 1120. The Kier molecular flexibility index (Phi) is 6.56. The predicted octanol–water partition coefficient (Wildman–Crippen LogP) is 4.59. The summed E-state index contributed by atoms with van der Waals surface area (Å²) in [5.74, 6) is -1.51. The zero-order valence-corrected chi connectivity index (χ0v) is 18.3. The Labute approximate surface area is 193 Å². The van der Waals surface area contributed by atoms with Gasteiger partial charge in [0.2, 0.25) is 11.7 Å². The lowest BCUT2D eigenvalue weighted by Gasteiger charge is -2.36. The van der Waals surface area contributed by atoms with Crippen molar-refractivity contribution in [1.82, 2.24) is 20.2 Å². The average molecular weight is 476 g/mol. The molecule has 0 radical (unpaired) electrons. The third kappa shape index (κ3) is 5.04. The standard InChI is InChI=1S/C23H23F3N4O4/c1-33-13-22(21(31)32)10-8-17(9-11-22)34-18-7-6-16(12-27-18)14-2-4-15(5-3-14)19-28-20(30-29-19)23(24,25)26/h2-7,12,17H,8-11,13H2,1H3,(H,31,32)(H,28,29,30)/t17-,22-. The molecule has 2 N–H and O–H groups in total. The van der Waals surface area contributed by atoms with E-state index in [1.54, 1.807) is 36.5 Å². The van der Waals surface area contributed by atoms with E-state index in [0.29, 0.717) is 37.1 Å². The van der Waals surface area contributed by atoms with Crippen molar-refractivity contribution in [3.05, 3.63) is 48.4 Å². The fraction of sp³-hybridized carbons (Fsp3) is 0.391. The third-order valence-electron chi connectivity index (χ3n) is 6.03. The van der Waals surface area contributed by atoms with E-state index in [0.717, 1.165) is 11.1 Å². The Hall–Kier alpha value is -3.47. The second-order valence-corrected chi connectivity index (χ2v) is 8.32. The minimum Gasteiger partial charge on any atom is -0.481 e. The summed E-state index contributed by atoms with van der Waals surface area (Å²) < 4.78 is 49.2. The topological polar surface area (TPSA) is 110 Å². The Morgan fingerprint density at radius 1 is 1.09 bits per heavy atom. The highest BCUT2D eigenvalue weighted by Gasteiger charge is 2.42. The van der Waals surface area contributed by atoms with Crippen LogP contribution >= 0.6 is 0 Å². The van der Waals surface area contributed by atoms with Crippen molar-refractivity contribution in [1.29, 1.82) is 0 Å². The highest BCUT2D eigenvalue weighted by atomic mass is 19.4. The molecule has 1 aromatic carbocycles. The van der Waals surface area contributed by atoms with E-state index in [-0.39, 0.29) is 18.5 Å². The molecule has 0 saturated heterocycles. The lowest BCUT2D eigenvalue weighted by atomic mass is 9.73. The maximum absolute atomic E-state index is 12.7. The summed E-state index contributed by atoms with van der Waals surface area (Å²) >= 11 is 0. The van der Waals surface area contributed by atoms with Crippen LogP contribution in [0.25, 0.3) is 22.5 Å². The molecule has 0 atom stereocenters. The molecule has 0 bridgehead atoms. The number of alkyl halides is 3. The van der Waals surface area contributed by atoms with Gasteiger partial charge in [-0.1, -0.05) is 24.3 Å². The van der Waals surface area contributed by atoms with Crippen LogP contribution in [0.4, 0.5) is 13.2 Å². The van der Waals surface area contributed by atoms with Gasteiger partial charge in [0.1, 0.15) is 6.10 Å². The Balaban J connectivity index is 1.38. The number of H-pyrrole nitrogens is 1. The van der Waals surface area contributed by atoms with Crippen molar-refractivity contribution in [3.63, 3.8) is 0 Å². The number of hydrogen-bond donors (Lipinski definition) is 2. The van der Waals surface area contributed by atoms with Gasteiger partial charge in [0.25, 0.3) is 0 Å². The van der Waals surface area contributed by atoms with Crippen LogP contribution < -0.4 is 4.74 Å². The van der Waals surface area contributed by atoms with Gasteiger partial charge < -0.3 is 19.6 Å². The van der Waals surface area contributed by atoms with Gasteiger partial charge in [0.05, 0.1) is 12.0 Å². The summed E-state index contributed by atoms with van der Waals surface area (Å²) in [7, 11) is 1.50. The van der Waals surface area contributed by atoms with Gasteiger partial charge in [-0.25, -0.2) is 4.98 Å². The van der Waals surface area contributed by atoms with Gasteiger partial charge in [-0.05, 0) is 37.3 Å². The minimum atomic E-state index is -4.58. The second kappa shape index (κ2) is 9.41. The molecule has 0 amide bonds. The van der Waals surface area contributed by atoms with E-state index in [2.05, 4.69) is 20.2 Å². The van der Waals surface area contributed by atoms with E-state index in [4.69, 9.17) is 9.47 Å². The number of benzene rings is 1. The van der Waals surface area contributed by atoms with Crippen LogP contribution in [0.5, 0.6) is 5.88 Å². The highest BCUT2D eigenvalue weighted by molar-refractivity contribution is 5.75. The molecular formula is C23H23F3N4O4. The van der Waals surface area contributed by atoms with Crippen LogP contribution in [0, 0.1) is 5.41 Å². The van der Waals surface area contributed by atoms with Crippen molar-refractivity contribution >= 4 is 5.97 Å². The molecule has 8 nitrogen and oxygen atoms in total. The predicted molar refractivity (Wildman–Crippen MR) is 115 cm³/mol. The van der Waals surface area contributed by atoms with Gasteiger partial charge in [-0.2, -0.15) is 13.2 Å². The monoisotopic (exact) mass is 476 g/mol. The van der Waals surface area contributed by atoms with Crippen molar-refractivity contribution in [2.24, 2.45) is 5.41 Å². The highest BCUT2D eigenvalue weighted by Crippen LogP contribution is 2.38. The average Bonchev–Trinajstić information content (AvgIpc) is 3.32. The number of aromatic nitrogens is 4. The number of carbonyl (C=O) groups is 1. The van der Waals surface area contributed by atoms with Gasteiger partial charge in [-0.3, -0.25) is 4.79 Å². The van der Waals surface area contributed by atoms with Gasteiger partial charge >= 0.3 is 12.1 Å². The van der Waals surface area contributed by atoms with Crippen LogP contribution in [-0.4, -0.2) is 51.1 Å². The summed E-state index contributed by atoms with van der Waals surface area (Å²) in [6, 6.07) is 10.4. The number of ether oxygens (including phenoxy) is 2. The second-order valence-electron chi connectivity index (χ2n) is 8.32. The number of aromatic amines is 1. The molecule has 2 aromatic heterocycles. The first-order chi connectivity index (χ1) is 16.2. The van der Waals surface area contributed by atoms with Gasteiger partial charge in [0.15, 0.2) is 5.82 Å². The molecular weight excluding hydrogens is 453 g/mol. The number of halogens is 3. The number of hydrogen-bond acceptors (Lipinski definition) is 6. The summed E-state index contributed by atoms with van der Waals surface area (Å²) in [5.41, 5.74) is 1.24. The summed E-state index contributed by atoms with van der Waals surface area (Å²) in [6.45, 7) is 0.181. The van der Waals surface area contributed by atoms with Gasteiger partial charge in [0, 0.05) is 30.5 Å². The normalized spacial score (nSPS) is 20.8. The Morgan fingerprint density at radius 2 is 1.74 bits per heavy atom. The number of methoxy groups -OCH3 is 1. The molecule has 0 unspecified atom stereocenters. The van der Waals surface area contributed by atoms with Crippen molar-refractivity contribution in [3.8, 4) is 28.4 Å². The SMILES string of the molecule is COC[C@]1(C(=O)O)CC[C@H](Oc2ccc(-c3ccc(-c4nnc(C(F)(F)F)[nH]4)cc3)cn2)CC1. The molecule has 11 heteroatoms. The molecule has 0 aliphatic heterocycles. The fourth-order valence-corrected chi connectivity index (χ4v) is 4.09. The first kappa shape index (κ1) is 23.7. The van der Waals surface area contributed by atoms with Crippen molar-refractivity contribution in [2.75, 3.05) is 13.7 Å². The fourth-order valence-electron chi connectivity index (χ4n) is 4.09. The van der Waals surface area contributed by atoms with E-state index < -0.39 is 23.4 Å². The number of rotatable bonds is 7. The molecule has 1 saturated carbocycles. The van der Waals surface area contributed by atoms with Crippen LogP contribution in [0.15, 0.2) is 42.6 Å². The Morgan fingerprint density at radius 3 is 2.26 bits per heavy atom. The van der Waals surface area contributed by atoms with Crippen LogP contribution in [0.1, 0.15) is 31.5 Å². The zero-order chi connectivity index (χ0) is 24.3. The quantitative estimate of drug-likeness (QED) is 0.513. The van der Waals surface area contributed by atoms with Crippen LogP contribution in [-0.2, 0) is 15.7 Å². The summed E-state index contributed by atoms with van der Waals surface area (Å²) in [5, 5.41) is 16.3. The zero-order valence-electron chi connectivity index (χ0n) is 18.3. The van der Waals surface area contributed by atoms with E-state index in [1.807, 2.05) is 6.07 Å². The van der Waals surface area contributed by atoms with Crippen molar-refractivity contribution in [2.45, 2.75) is 38.0 Å². The smallest absolute Gasteiger partial charge is 0.451 e. The maximum atomic E-state index is 12.7. The lowest BCUT2D eigenvalue weighted by Crippen LogP contribution is -2.41. The number of pyridine rings is 1. The largest absolute Gasteiger partial charge is 0.481 e. The third-order valence-corrected chi connectivity index (χ3v) is 6.03. The minimum absolute atomic E-state index is 0.0330. The lowest BCUT2D eigenvalue weighted by molar-refractivity contribution is -0.156. The number of carboxylic acids is 1. The molecule has 34 heavy (non-hydrogen) atoms. The van der Waals surface area contributed by atoms with E-state index in [1.165, 1.54) is 7.11 Å². The molecule has 180 valence electrons. The maximum Gasteiger partial charge on any atom is 0.451 e. The van der Waals surface area contributed by atoms with Crippen LogP contribution in [0.2, 0.25) is 0 Å². The molecule has 1 aliphatic rings. The number of carboxylic acid groups (broad SMARTS) is 1. The molecule has 4 rings (SSSR count).